The molecule has 6 nitrogen and oxygen atoms in total. The van der Waals surface area contributed by atoms with Gasteiger partial charge in [-0.25, -0.2) is 4.98 Å². The van der Waals surface area contributed by atoms with Crippen LogP contribution in [0.5, 0.6) is 11.5 Å². The normalized spacial score (nSPS) is 17.1. The van der Waals surface area contributed by atoms with Gasteiger partial charge in [0.25, 0.3) is 0 Å². The number of hydrogen-bond acceptors (Lipinski definition) is 6. The predicted octanol–water partition coefficient (Wildman–Crippen LogP) is 3.68. The molecule has 1 aromatic carbocycles. The summed E-state index contributed by atoms with van der Waals surface area (Å²) in [6, 6.07) is 7.84. The molecule has 4 rings (SSSR count). The summed E-state index contributed by atoms with van der Waals surface area (Å²) in [6.45, 7) is 5.27. The molecule has 1 aromatic heterocycles. The van der Waals surface area contributed by atoms with Gasteiger partial charge in [0.2, 0.25) is 5.95 Å². The molecule has 1 N–H and O–H groups in total. The number of anilines is 3. The maximum atomic E-state index is 5.65. The van der Waals surface area contributed by atoms with Crippen LogP contribution in [0.4, 0.5) is 17.5 Å². The Hall–Kier alpha value is -2.50. The second kappa shape index (κ2) is 7.17. The second-order valence-corrected chi connectivity index (χ2v) is 6.58. The maximum Gasteiger partial charge on any atom is 0.227 e. The number of fused-ring (bicyclic) bond motifs is 1. The summed E-state index contributed by atoms with van der Waals surface area (Å²) >= 11 is 0. The van der Waals surface area contributed by atoms with Crippen LogP contribution in [0.25, 0.3) is 0 Å². The van der Waals surface area contributed by atoms with Crippen LogP contribution < -0.4 is 19.7 Å². The zero-order valence-electron chi connectivity index (χ0n) is 14.6. The lowest BCUT2D eigenvalue weighted by molar-refractivity contribution is 0.171. The molecule has 0 unspecified atom stereocenters. The number of aryl methyl sites for hydroxylation is 1. The molecular weight excluding hydrogens is 316 g/mol. The van der Waals surface area contributed by atoms with Crippen molar-refractivity contribution in [2.75, 3.05) is 36.5 Å². The van der Waals surface area contributed by atoms with Gasteiger partial charge >= 0.3 is 0 Å². The van der Waals surface area contributed by atoms with E-state index in [1.54, 1.807) is 0 Å². The third kappa shape index (κ3) is 3.78. The van der Waals surface area contributed by atoms with Crippen molar-refractivity contribution in [3.8, 4) is 11.5 Å². The Balaban J connectivity index is 1.56. The SMILES string of the molecule is Cc1cc(Nc2ccc3c(c2)OCCO3)nc(N2CCCCCC2)n1. The minimum absolute atomic E-state index is 0.585. The van der Waals surface area contributed by atoms with Crippen molar-refractivity contribution >= 4 is 17.5 Å². The minimum Gasteiger partial charge on any atom is -0.486 e. The quantitative estimate of drug-likeness (QED) is 0.920. The van der Waals surface area contributed by atoms with Crippen molar-refractivity contribution in [3.63, 3.8) is 0 Å². The molecule has 2 aliphatic rings. The first kappa shape index (κ1) is 16.0. The molecule has 0 radical (unpaired) electrons. The number of nitrogens with zero attached hydrogens (tertiary/aromatic N) is 3. The van der Waals surface area contributed by atoms with Gasteiger partial charge in [0, 0.05) is 36.6 Å². The zero-order valence-corrected chi connectivity index (χ0v) is 14.6. The Bertz CT molecular complexity index is 742. The molecule has 132 valence electrons. The van der Waals surface area contributed by atoms with Crippen molar-refractivity contribution in [2.45, 2.75) is 32.6 Å². The van der Waals surface area contributed by atoms with Crippen LogP contribution in [0.15, 0.2) is 24.3 Å². The Labute approximate surface area is 148 Å². The molecule has 2 aliphatic heterocycles. The summed E-state index contributed by atoms with van der Waals surface area (Å²) in [5.41, 5.74) is 1.90. The summed E-state index contributed by atoms with van der Waals surface area (Å²) in [4.78, 5) is 11.7. The molecule has 2 aromatic rings. The van der Waals surface area contributed by atoms with Crippen molar-refractivity contribution < 1.29 is 9.47 Å². The van der Waals surface area contributed by atoms with Crippen molar-refractivity contribution in [3.05, 3.63) is 30.0 Å². The fraction of sp³-hybridized carbons (Fsp3) is 0.474. The van der Waals surface area contributed by atoms with Crippen LogP contribution in [0.2, 0.25) is 0 Å². The van der Waals surface area contributed by atoms with E-state index >= 15 is 0 Å². The van der Waals surface area contributed by atoms with Crippen LogP contribution in [0.3, 0.4) is 0 Å². The molecule has 0 spiro atoms. The van der Waals surface area contributed by atoms with Gasteiger partial charge in [0.05, 0.1) is 0 Å². The number of ether oxygens (including phenoxy) is 2. The molecular formula is C19H24N4O2. The smallest absolute Gasteiger partial charge is 0.227 e. The molecule has 6 heteroatoms. The average molecular weight is 340 g/mol. The van der Waals surface area contributed by atoms with Gasteiger partial charge in [0.15, 0.2) is 11.5 Å². The van der Waals surface area contributed by atoms with Gasteiger partial charge in [0.1, 0.15) is 19.0 Å². The van der Waals surface area contributed by atoms with Crippen LogP contribution >= 0.6 is 0 Å². The lowest BCUT2D eigenvalue weighted by atomic mass is 10.2. The lowest BCUT2D eigenvalue weighted by Crippen LogP contribution is -2.26. The third-order valence-electron chi connectivity index (χ3n) is 4.55. The van der Waals surface area contributed by atoms with Gasteiger partial charge < -0.3 is 19.7 Å². The first-order valence-electron chi connectivity index (χ1n) is 9.05. The zero-order chi connectivity index (χ0) is 17.1. The molecule has 3 heterocycles. The fourth-order valence-electron chi connectivity index (χ4n) is 3.30. The van der Waals surface area contributed by atoms with Crippen LogP contribution in [-0.2, 0) is 0 Å². The van der Waals surface area contributed by atoms with Crippen molar-refractivity contribution in [1.29, 1.82) is 0 Å². The minimum atomic E-state index is 0.585. The summed E-state index contributed by atoms with van der Waals surface area (Å²) < 4.78 is 11.2. The predicted molar refractivity (Wildman–Crippen MR) is 98.2 cm³/mol. The number of rotatable bonds is 3. The summed E-state index contributed by atoms with van der Waals surface area (Å²) in [7, 11) is 0. The molecule has 0 aliphatic carbocycles. The lowest BCUT2D eigenvalue weighted by Gasteiger charge is -2.22. The van der Waals surface area contributed by atoms with E-state index in [9.17, 15) is 0 Å². The fourth-order valence-corrected chi connectivity index (χ4v) is 3.30. The molecule has 0 saturated carbocycles. The second-order valence-electron chi connectivity index (χ2n) is 6.58. The van der Waals surface area contributed by atoms with E-state index in [1.807, 2.05) is 31.2 Å². The van der Waals surface area contributed by atoms with Crippen molar-refractivity contribution in [1.82, 2.24) is 9.97 Å². The summed E-state index contributed by atoms with van der Waals surface area (Å²) in [5, 5.41) is 3.38. The average Bonchev–Trinajstić information content (AvgIpc) is 2.90. The number of hydrogen-bond donors (Lipinski definition) is 1. The van der Waals surface area contributed by atoms with E-state index in [1.165, 1.54) is 25.7 Å². The number of nitrogens with one attached hydrogen (secondary N) is 1. The van der Waals surface area contributed by atoms with Crippen molar-refractivity contribution in [2.24, 2.45) is 0 Å². The molecule has 0 atom stereocenters. The van der Waals surface area contributed by atoms with E-state index in [4.69, 9.17) is 14.5 Å². The monoisotopic (exact) mass is 340 g/mol. The van der Waals surface area contributed by atoms with E-state index in [2.05, 4.69) is 15.2 Å². The topological polar surface area (TPSA) is 59.5 Å². The highest BCUT2D eigenvalue weighted by atomic mass is 16.6. The molecule has 0 amide bonds. The molecule has 1 saturated heterocycles. The number of aromatic nitrogens is 2. The van der Waals surface area contributed by atoms with Crippen LogP contribution in [0.1, 0.15) is 31.4 Å². The third-order valence-corrected chi connectivity index (χ3v) is 4.55. The van der Waals surface area contributed by atoms with Gasteiger partial charge in [-0.05, 0) is 31.9 Å². The summed E-state index contributed by atoms with van der Waals surface area (Å²) in [6.07, 6.45) is 5.01. The van der Waals surface area contributed by atoms with Gasteiger partial charge in [-0.2, -0.15) is 4.98 Å². The van der Waals surface area contributed by atoms with Crippen LogP contribution in [-0.4, -0.2) is 36.3 Å². The Morgan fingerprint density at radius 2 is 1.68 bits per heavy atom. The van der Waals surface area contributed by atoms with Crippen LogP contribution in [0, 0.1) is 6.92 Å². The summed E-state index contributed by atoms with van der Waals surface area (Å²) in [5.74, 6) is 3.20. The Morgan fingerprint density at radius 1 is 0.920 bits per heavy atom. The maximum absolute atomic E-state index is 5.65. The highest BCUT2D eigenvalue weighted by Crippen LogP contribution is 2.33. The van der Waals surface area contributed by atoms with E-state index < -0.39 is 0 Å². The standard InChI is InChI=1S/C19H24N4O2/c1-14-12-18(22-19(20-14)23-8-4-2-3-5-9-23)21-15-6-7-16-17(13-15)25-11-10-24-16/h6-7,12-13H,2-5,8-11H2,1H3,(H,20,21,22). The first-order valence-corrected chi connectivity index (χ1v) is 9.05. The van der Waals surface area contributed by atoms with Gasteiger partial charge in [-0.3, -0.25) is 0 Å². The molecule has 0 bridgehead atoms. The van der Waals surface area contributed by atoms with E-state index in [0.29, 0.717) is 13.2 Å². The first-order chi connectivity index (χ1) is 12.3. The highest BCUT2D eigenvalue weighted by molar-refractivity contribution is 5.62. The van der Waals surface area contributed by atoms with Gasteiger partial charge in [-0.15, -0.1) is 0 Å². The number of benzene rings is 1. The molecule has 25 heavy (non-hydrogen) atoms. The highest BCUT2D eigenvalue weighted by Gasteiger charge is 2.15. The Kier molecular flexibility index (Phi) is 4.59. The van der Waals surface area contributed by atoms with Gasteiger partial charge in [-0.1, -0.05) is 12.8 Å². The molecule has 1 fully saturated rings. The Morgan fingerprint density at radius 3 is 2.48 bits per heavy atom. The van der Waals surface area contributed by atoms with E-state index in [-0.39, 0.29) is 0 Å². The van der Waals surface area contributed by atoms with E-state index in [0.717, 1.165) is 47.7 Å². The largest absolute Gasteiger partial charge is 0.486 e.